The van der Waals surface area contributed by atoms with E-state index in [0.717, 1.165) is 0 Å². The van der Waals surface area contributed by atoms with Gasteiger partial charge in [0.15, 0.2) is 6.61 Å². The van der Waals surface area contributed by atoms with Crippen LogP contribution in [0.2, 0.25) is 0 Å². The predicted octanol–water partition coefficient (Wildman–Crippen LogP) is 1.03. The Morgan fingerprint density at radius 2 is 2.00 bits per heavy atom. The van der Waals surface area contributed by atoms with E-state index in [1.54, 1.807) is 24.3 Å². The number of hydrogen-bond acceptors (Lipinski definition) is 3. The fourth-order valence-electron chi connectivity index (χ4n) is 0.955. The molecule has 0 aliphatic rings. The molecule has 0 radical (unpaired) electrons. The number of hydrogen-bond donors (Lipinski definition) is 2. The number of halogens is 2. The van der Waals surface area contributed by atoms with Gasteiger partial charge in [-0.1, -0.05) is 0 Å². The Labute approximate surface area is 91.4 Å². The van der Waals surface area contributed by atoms with E-state index >= 15 is 0 Å². The number of ether oxygens (including phenoxy) is 1. The second-order valence-electron chi connectivity index (χ2n) is 3.05. The smallest absolute Gasteiger partial charge is 0.258 e. The summed E-state index contributed by atoms with van der Waals surface area (Å²) in [5.74, 6) is -0.126. The molecular formula is C10H12F2N2O2. The summed E-state index contributed by atoms with van der Waals surface area (Å²) in [4.78, 5) is 11.0. The molecule has 0 saturated carbocycles. The van der Waals surface area contributed by atoms with Crippen LogP contribution in [0, 0.1) is 0 Å². The molecule has 0 aliphatic heterocycles. The Morgan fingerprint density at radius 1 is 1.38 bits per heavy atom. The topological polar surface area (TPSA) is 64.3 Å². The van der Waals surface area contributed by atoms with Crippen LogP contribution in [0.15, 0.2) is 24.3 Å². The van der Waals surface area contributed by atoms with E-state index in [9.17, 15) is 13.6 Å². The van der Waals surface area contributed by atoms with Crippen molar-refractivity contribution in [2.24, 2.45) is 0 Å². The lowest BCUT2D eigenvalue weighted by atomic mass is 10.3. The van der Waals surface area contributed by atoms with Crippen molar-refractivity contribution in [1.29, 1.82) is 0 Å². The highest BCUT2D eigenvalue weighted by Gasteiger charge is 2.06. The molecule has 4 nitrogen and oxygen atoms in total. The highest BCUT2D eigenvalue weighted by molar-refractivity contribution is 5.77. The zero-order valence-electron chi connectivity index (χ0n) is 8.45. The van der Waals surface area contributed by atoms with Crippen LogP contribution >= 0.6 is 0 Å². The number of anilines is 1. The molecule has 1 amide bonds. The van der Waals surface area contributed by atoms with E-state index in [2.05, 4.69) is 0 Å². The minimum Gasteiger partial charge on any atom is -0.484 e. The summed E-state index contributed by atoms with van der Waals surface area (Å²) in [6.45, 7) is -0.958. The maximum Gasteiger partial charge on any atom is 0.258 e. The van der Waals surface area contributed by atoms with Crippen molar-refractivity contribution < 1.29 is 18.3 Å². The van der Waals surface area contributed by atoms with Crippen LogP contribution in [-0.4, -0.2) is 25.5 Å². The SMILES string of the molecule is Nc1ccc(OCC(=O)NCC(F)F)cc1. The maximum absolute atomic E-state index is 11.7. The van der Waals surface area contributed by atoms with Gasteiger partial charge >= 0.3 is 0 Å². The van der Waals surface area contributed by atoms with Crippen LogP contribution in [-0.2, 0) is 4.79 Å². The van der Waals surface area contributed by atoms with Gasteiger partial charge in [0.1, 0.15) is 5.75 Å². The second-order valence-corrected chi connectivity index (χ2v) is 3.05. The van der Waals surface area contributed by atoms with Crippen molar-refractivity contribution in [3.63, 3.8) is 0 Å². The molecule has 1 aromatic rings. The van der Waals surface area contributed by atoms with Gasteiger partial charge in [-0.2, -0.15) is 0 Å². The van der Waals surface area contributed by atoms with E-state index in [-0.39, 0.29) is 6.61 Å². The summed E-state index contributed by atoms with van der Waals surface area (Å²) in [7, 11) is 0. The van der Waals surface area contributed by atoms with E-state index in [1.807, 2.05) is 5.32 Å². The molecule has 0 atom stereocenters. The largest absolute Gasteiger partial charge is 0.484 e. The molecule has 16 heavy (non-hydrogen) atoms. The van der Waals surface area contributed by atoms with Crippen LogP contribution in [0.5, 0.6) is 5.75 Å². The maximum atomic E-state index is 11.7. The lowest BCUT2D eigenvalue weighted by molar-refractivity contribution is -0.123. The van der Waals surface area contributed by atoms with Crippen LogP contribution in [0.4, 0.5) is 14.5 Å². The van der Waals surface area contributed by atoms with Gasteiger partial charge in [-0.25, -0.2) is 8.78 Å². The molecule has 88 valence electrons. The van der Waals surface area contributed by atoms with Gasteiger partial charge in [-0.05, 0) is 24.3 Å². The van der Waals surface area contributed by atoms with Gasteiger partial charge in [0.2, 0.25) is 0 Å². The molecule has 0 saturated heterocycles. The molecule has 0 unspecified atom stereocenters. The standard InChI is InChI=1S/C10H12F2N2O2/c11-9(12)5-14-10(15)6-16-8-3-1-7(13)2-4-8/h1-4,9H,5-6,13H2,(H,14,15). The fraction of sp³-hybridized carbons (Fsp3) is 0.300. The first-order chi connectivity index (χ1) is 7.58. The fourth-order valence-corrected chi connectivity index (χ4v) is 0.955. The minimum absolute atomic E-state index is 0.295. The minimum atomic E-state index is -2.56. The predicted molar refractivity (Wildman–Crippen MR) is 55.4 cm³/mol. The summed E-state index contributed by atoms with van der Waals surface area (Å²) >= 11 is 0. The Morgan fingerprint density at radius 3 is 2.56 bits per heavy atom. The van der Waals surface area contributed by atoms with Crippen molar-refractivity contribution in [3.8, 4) is 5.75 Å². The van der Waals surface area contributed by atoms with Crippen LogP contribution in [0.25, 0.3) is 0 Å². The van der Waals surface area contributed by atoms with E-state index in [0.29, 0.717) is 11.4 Å². The van der Waals surface area contributed by atoms with Crippen LogP contribution < -0.4 is 15.8 Å². The van der Waals surface area contributed by atoms with E-state index in [1.165, 1.54) is 0 Å². The lowest BCUT2D eigenvalue weighted by Gasteiger charge is -2.07. The van der Waals surface area contributed by atoms with E-state index in [4.69, 9.17) is 10.5 Å². The molecule has 6 heteroatoms. The highest BCUT2D eigenvalue weighted by Crippen LogP contribution is 2.12. The molecule has 0 aliphatic carbocycles. The number of carbonyl (C=O) groups is 1. The highest BCUT2D eigenvalue weighted by atomic mass is 19.3. The molecular weight excluding hydrogens is 218 g/mol. The molecule has 3 N–H and O–H groups in total. The number of nitrogens with one attached hydrogen (secondary N) is 1. The first kappa shape index (κ1) is 12.2. The second kappa shape index (κ2) is 5.89. The zero-order chi connectivity index (χ0) is 12.0. The lowest BCUT2D eigenvalue weighted by Crippen LogP contribution is -2.32. The number of benzene rings is 1. The third-order valence-electron chi connectivity index (χ3n) is 1.70. The number of nitrogen functional groups attached to an aromatic ring is 1. The summed E-state index contributed by atoms with van der Waals surface area (Å²) in [5, 5.41) is 2.03. The van der Waals surface area contributed by atoms with Gasteiger partial charge in [0.25, 0.3) is 12.3 Å². The van der Waals surface area contributed by atoms with Crippen molar-refractivity contribution in [2.45, 2.75) is 6.43 Å². The summed E-state index contributed by atoms with van der Waals surface area (Å²) in [6.07, 6.45) is -2.56. The third kappa shape index (κ3) is 4.59. The number of rotatable bonds is 5. The average molecular weight is 230 g/mol. The summed E-state index contributed by atoms with van der Waals surface area (Å²) < 4.78 is 28.5. The Bertz CT molecular complexity index is 341. The molecule has 0 aromatic heterocycles. The van der Waals surface area contributed by atoms with Crippen molar-refractivity contribution in [2.75, 3.05) is 18.9 Å². The number of nitrogens with two attached hydrogens (primary N) is 1. The summed E-state index contributed by atoms with van der Waals surface area (Å²) in [6, 6.07) is 6.42. The molecule has 1 aromatic carbocycles. The summed E-state index contributed by atoms with van der Waals surface area (Å²) in [5.41, 5.74) is 6.02. The van der Waals surface area contributed by atoms with Crippen molar-refractivity contribution in [1.82, 2.24) is 5.32 Å². The number of alkyl halides is 2. The quantitative estimate of drug-likeness (QED) is 0.742. The normalized spacial score (nSPS) is 10.2. The molecule has 0 heterocycles. The Kier molecular flexibility index (Phi) is 4.50. The first-order valence-corrected chi connectivity index (χ1v) is 4.61. The van der Waals surface area contributed by atoms with Gasteiger partial charge in [-0.15, -0.1) is 0 Å². The Hall–Kier alpha value is -1.85. The van der Waals surface area contributed by atoms with Crippen LogP contribution in [0.1, 0.15) is 0 Å². The Balaban J connectivity index is 2.29. The third-order valence-corrected chi connectivity index (χ3v) is 1.70. The monoisotopic (exact) mass is 230 g/mol. The zero-order valence-corrected chi connectivity index (χ0v) is 8.45. The molecule has 1 rings (SSSR count). The number of carbonyl (C=O) groups excluding carboxylic acids is 1. The van der Waals surface area contributed by atoms with Crippen molar-refractivity contribution in [3.05, 3.63) is 24.3 Å². The molecule has 0 fully saturated rings. The van der Waals surface area contributed by atoms with Gasteiger partial charge < -0.3 is 15.8 Å². The number of amides is 1. The van der Waals surface area contributed by atoms with E-state index < -0.39 is 18.9 Å². The van der Waals surface area contributed by atoms with Gasteiger partial charge in [-0.3, -0.25) is 4.79 Å². The van der Waals surface area contributed by atoms with Gasteiger partial charge in [0, 0.05) is 5.69 Å². The molecule has 0 spiro atoms. The first-order valence-electron chi connectivity index (χ1n) is 4.61. The average Bonchev–Trinajstić information content (AvgIpc) is 2.25. The van der Waals surface area contributed by atoms with Crippen LogP contribution in [0.3, 0.4) is 0 Å². The molecule has 0 bridgehead atoms. The van der Waals surface area contributed by atoms with Gasteiger partial charge in [0.05, 0.1) is 6.54 Å². The van der Waals surface area contributed by atoms with Crippen molar-refractivity contribution >= 4 is 11.6 Å².